The van der Waals surface area contributed by atoms with Gasteiger partial charge < -0.3 is 4.98 Å². The van der Waals surface area contributed by atoms with Gasteiger partial charge in [0.1, 0.15) is 8.24 Å². The molecule has 0 heterocycles. The van der Waals surface area contributed by atoms with Crippen LogP contribution in [0.5, 0.6) is 0 Å². The zero-order chi connectivity index (χ0) is 10.9. The minimum Gasteiger partial charge on any atom is -0.335 e. The van der Waals surface area contributed by atoms with Gasteiger partial charge in [-0.3, -0.25) is 0 Å². The molecule has 0 unspecified atom stereocenters. The molecule has 0 rings (SSSR count). The summed E-state index contributed by atoms with van der Waals surface area (Å²) in [5.74, 6) is 0.750. The molecule has 0 aliphatic rings. The largest absolute Gasteiger partial charge is 0.335 e. The van der Waals surface area contributed by atoms with Crippen LogP contribution in [0, 0.1) is 5.92 Å². The highest BCUT2D eigenvalue weighted by molar-refractivity contribution is 6.78. The average Bonchev–Trinajstić information content (AvgIpc) is 1.83. The van der Waals surface area contributed by atoms with Crippen LogP contribution >= 0.6 is 0 Å². The predicted molar refractivity (Wildman–Crippen MR) is 64.6 cm³/mol. The molecule has 0 radical (unpaired) electrons. The third-order valence-electron chi connectivity index (χ3n) is 3.70. The highest BCUT2D eigenvalue weighted by Crippen LogP contribution is 2.42. The predicted octanol–water partition coefficient (Wildman–Crippen LogP) is 3.63. The Balaban J connectivity index is 4.60. The van der Waals surface area contributed by atoms with E-state index in [-0.39, 0.29) is 0 Å². The summed E-state index contributed by atoms with van der Waals surface area (Å²) in [6.07, 6.45) is 0. The van der Waals surface area contributed by atoms with Gasteiger partial charge >= 0.3 is 0 Å². The summed E-state index contributed by atoms with van der Waals surface area (Å²) in [4.78, 5) is 3.78. The SMILES string of the molecule is CC(C)N[Si](C)(C)C(C)(C)C(C)C. The van der Waals surface area contributed by atoms with Crippen molar-refractivity contribution in [1.29, 1.82) is 0 Å². The van der Waals surface area contributed by atoms with E-state index in [4.69, 9.17) is 0 Å². The zero-order valence-corrected chi connectivity index (χ0v) is 11.7. The van der Waals surface area contributed by atoms with Crippen LogP contribution < -0.4 is 4.98 Å². The van der Waals surface area contributed by atoms with Crippen molar-refractivity contribution in [3.63, 3.8) is 0 Å². The lowest BCUT2D eigenvalue weighted by atomic mass is 9.99. The lowest BCUT2D eigenvalue weighted by molar-refractivity contribution is 0.445. The molecule has 0 aromatic rings. The van der Waals surface area contributed by atoms with E-state index in [0.29, 0.717) is 11.1 Å². The van der Waals surface area contributed by atoms with Crippen LogP contribution in [-0.4, -0.2) is 14.3 Å². The summed E-state index contributed by atoms with van der Waals surface area (Å²) in [5.41, 5.74) is 0. The summed E-state index contributed by atoms with van der Waals surface area (Å²) >= 11 is 0. The maximum atomic E-state index is 3.78. The Bertz CT molecular complexity index is 159. The van der Waals surface area contributed by atoms with E-state index in [2.05, 4.69) is 59.6 Å². The molecule has 80 valence electrons. The molecule has 2 heteroatoms. The molecule has 13 heavy (non-hydrogen) atoms. The summed E-state index contributed by atoms with van der Waals surface area (Å²) in [5, 5.41) is 0.456. The van der Waals surface area contributed by atoms with Crippen LogP contribution in [0.25, 0.3) is 0 Å². The summed E-state index contributed by atoms with van der Waals surface area (Å²) in [7, 11) is -1.31. The van der Waals surface area contributed by atoms with Crippen molar-refractivity contribution in [2.75, 3.05) is 0 Å². The van der Waals surface area contributed by atoms with Gasteiger partial charge in [0.05, 0.1) is 0 Å². The van der Waals surface area contributed by atoms with Crippen molar-refractivity contribution in [2.45, 2.75) is 65.7 Å². The van der Waals surface area contributed by atoms with Crippen molar-refractivity contribution < 1.29 is 0 Å². The average molecular weight is 201 g/mol. The van der Waals surface area contributed by atoms with Gasteiger partial charge in [-0.1, -0.05) is 54.6 Å². The summed E-state index contributed by atoms with van der Waals surface area (Å²) < 4.78 is 0. The number of hydrogen-bond donors (Lipinski definition) is 1. The first-order valence-electron chi connectivity index (χ1n) is 5.39. The lowest BCUT2D eigenvalue weighted by Gasteiger charge is -2.44. The molecule has 0 atom stereocenters. The quantitative estimate of drug-likeness (QED) is 0.685. The Hall–Kier alpha value is 0.177. The molecule has 0 fully saturated rings. The first kappa shape index (κ1) is 13.2. The van der Waals surface area contributed by atoms with Crippen molar-refractivity contribution in [1.82, 2.24) is 4.98 Å². The van der Waals surface area contributed by atoms with E-state index in [1.165, 1.54) is 0 Å². The molecular formula is C11H27NSi. The first-order chi connectivity index (χ1) is 5.61. The standard InChI is InChI=1S/C11H27NSi/c1-9(2)11(5,6)13(7,8)12-10(3)4/h9-10,12H,1-8H3. The molecule has 0 bridgehead atoms. The molecule has 0 aromatic carbocycles. The Labute approximate surface area is 85.4 Å². The van der Waals surface area contributed by atoms with Crippen LogP contribution in [0.2, 0.25) is 18.1 Å². The lowest BCUT2D eigenvalue weighted by Crippen LogP contribution is -2.57. The Kier molecular flexibility index (Phi) is 4.19. The Morgan fingerprint density at radius 1 is 1.00 bits per heavy atom. The highest BCUT2D eigenvalue weighted by Gasteiger charge is 2.41. The first-order valence-corrected chi connectivity index (χ1v) is 8.39. The molecule has 1 nitrogen and oxygen atoms in total. The Morgan fingerprint density at radius 3 is 1.62 bits per heavy atom. The van der Waals surface area contributed by atoms with Crippen LogP contribution in [0.15, 0.2) is 0 Å². The van der Waals surface area contributed by atoms with E-state index in [9.17, 15) is 0 Å². The molecule has 0 amide bonds. The fourth-order valence-corrected chi connectivity index (χ4v) is 4.89. The van der Waals surface area contributed by atoms with E-state index < -0.39 is 8.24 Å². The molecule has 0 aliphatic heterocycles. The summed E-state index contributed by atoms with van der Waals surface area (Å²) in [6.45, 7) is 18.8. The number of rotatable bonds is 4. The maximum Gasteiger partial charge on any atom is 0.125 e. The van der Waals surface area contributed by atoms with Crippen molar-refractivity contribution in [3.05, 3.63) is 0 Å². The monoisotopic (exact) mass is 201 g/mol. The van der Waals surface area contributed by atoms with Gasteiger partial charge in [-0.25, -0.2) is 0 Å². The molecule has 0 saturated carbocycles. The van der Waals surface area contributed by atoms with Crippen LogP contribution in [0.3, 0.4) is 0 Å². The maximum absolute atomic E-state index is 3.78. The topological polar surface area (TPSA) is 12.0 Å². The van der Waals surface area contributed by atoms with Crippen LogP contribution in [0.4, 0.5) is 0 Å². The second kappa shape index (κ2) is 4.14. The van der Waals surface area contributed by atoms with Crippen molar-refractivity contribution in [3.8, 4) is 0 Å². The van der Waals surface area contributed by atoms with E-state index in [1.807, 2.05) is 0 Å². The second-order valence-electron chi connectivity index (χ2n) is 5.80. The van der Waals surface area contributed by atoms with Gasteiger partial charge in [0.2, 0.25) is 0 Å². The van der Waals surface area contributed by atoms with Crippen LogP contribution in [-0.2, 0) is 0 Å². The number of hydrogen-bond acceptors (Lipinski definition) is 1. The van der Waals surface area contributed by atoms with Crippen molar-refractivity contribution in [2.24, 2.45) is 5.92 Å². The zero-order valence-electron chi connectivity index (χ0n) is 10.7. The molecular weight excluding hydrogens is 174 g/mol. The normalized spacial score (nSPS) is 14.3. The third kappa shape index (κ3) is 3.10. The summed E-state index contributed by atoms with van der Waals surface area (Å²) in [6, 6.07) is 0.611. The highest BCUT2D eigenvalue weighted by atomic mass is 28.3. The molecule has 0 aliphatic carbocycles. The smallest absolute Gasteiger partial charge is 0.125 e. The van der Waals surface area contributed by atoms with Gasteiger partial charge in [-0.2, -0.15) is 0 Å². The van der Waals surface area contributed by atoms with Crippen molar-refractivity contribution >= 4 is 8.24 Å². The van der Waals surface area contributed by atoms with E-state index in [0.717, 1.165) is 5.92 Å². The third-order valence-corrected chi connectivity index (χ3v) is 8.80. The second-order valence-corrected chi connectivity index (χ2v) is 10.6. The number of nitrogens with one attached hydrogen (secondary N) is 1. The molecule has 0 aromatic heterocycles. The van der Waals surface area contributed by atoms with Gasteiger partial charge in [0.15, 0.2) is 0 Å². The molecule has 0 spiro atoms. The van der Waals surface area contributed by atoms with Gasteiger partial charge in [0, 0.05) is 0 Å². The fourth-order valence-electron chi connectivity index (χ4n) is 1.63. The molecule has 0 saturated heterocycles. The van der Waals surface area contributed by atoms with E-state index >= 15 is 0 Å². The van der Waals surface area contributed by atoms with Gasteiger partial charge in [-0.15, -0.1) is 0 Å². The van der Waals surface area contributed by atoms with Crippen LogP contribution in [0.1, 0.15) is 41.5 Å². The van der Waals surface area contributed by atoms with Gasteiger partial charge in [0.25, 0.3) is 0 Å². The van der Waals surface area contributed by atoms with Gasteiger partial charge in [-0.05, 0) is 17.0 Å². The molecule has 1 N–H and O–H groups in total. The Morgan fingerprint density at radius 2 is 1.38 bits per heavy atom. The minimum atomic E-state index is -1.31. The van der Waals surface area contributed by atoms with E-state index in [1.54, 1.807) is 0 Å². The minimum absolute atomic E-state index is 0.456. The fraction of sp³-hybridized carbons (Fsp3) is 1.00.